The first-order chi connectivity index (χ1) is 11.3. The highest BCUT2D eigenvalue weighted by Gasteiger charge is 1.99. The molecule has 2 heterocycles. The monoisotopic (exact) mass is 457 g/mol. The molecule has 2 aromatic rings. The predicted octanol–water partition coefficient (Wildman–Crippen LogP) is 3.21. The van der Waals surface area contributed by atoms with Crippen molar-refractivity contribution in [2.24, 2.45) is 4.99 Å². The van der Waals surface area contributed by atoms with Gasteiger partial charge in [0.2, 0.25) is 0 Å². The third-order valence-electron chi connectivity index (χ3n) is 3.02. The van der Waals surface area contributed by atoms with E-state index >= 15 is 0 Å². The number of halogens is 2. The Kier molecular flexibility index (Phi) is 10.0. The summed E-state index contributed by atoms with van der Waals surface area (Å²) in [5.41, 5.74) is 2.05. The molecule has 5 nitrogen and oxygen atoms in total. The second-order valence-electron chi connectivity index (χ2n) is 4.82. The smallest absolute Gasteiger partial charge is 0.191 e. The van der Waals surface area contributed by atoms with Gasteiger partial charge in [-0.3, -0.25) is 4.98 Å². The van der Waals surface area contributed by atoms with Gasteiger partial charge in [-0.2, -0.15) is 0 Å². The summed E-state index contributed by atoms with van der Waals surface area (Å²) in [6, 6.07) is 9.58. The quantitative estimate of drug-likeness (QED) is 0.220. The van der Waals surface area contributed by atoms with E-state index in [1.165, 1.54) is 0 Å². The highest BCUT2D eigenvalue weighted by atomic mass is 127. The normalized spacial score (nSPS) is 10.6. The number of guanidine groups is 1. The van der Waals surface area contributed by atoms with Crippen LogP contribution in [-0.4, -0.2) is 29.0 Å². The minimum Gasteiger partial charge on any atom is -0.356 e. The number of aromatic nitrogens is 2. The molecular formula is C17H21ClIN5. The molecule has 2 aromatic heterocycles. The van der Waals surface area contributed by atoms with Crippen molar-refractivity contribution in [3.8, 4) is 0 Å². The van der Waals surface area contributed by atoms with E-state index < -0.39 is 0 Å². The van der Waals surface area contributed by atoms with Crippen LogP contribution in [0, 0.1) is 0 Å². The summed E-state index contributed by atoms with van der Waals surface area (Å²) >= 11 is 5.78. The van der Waals surface area contributed by atoms with E-state index in [0.717, 1.165) is 30.2 Å². The van der Waals surface area contributed by atoms with Gasteiger partial charge in [0.05, 0.1) is 6.54 Å². The molecule has 0 aliphatic rings. The lowest BCUT2D eigenvalue weighted by atomic mass is 10.3. The van der Waals surface area contributed by atoms with E-state index in [4.69, 9.17) is 11.6 Å². The molecule has 7 heteroatoms. The van der Waals surface area contributed by atoms with Crippen LogP contribution < -0.4 is 10.6 Å². The third kappa shape index (κ3) is 7.74. The lowest BCUT2D eigenvalue weighted by Gasteiger charge is -2.11. The maximum absolute atomic E-state index is 5.78. The fourth-order valence-electron chi connectivity index (χ4n) is 1.87. The Morgan fingerprint density at radius 3 is 2.75 bits per heavy atom. The van der Waals surface area contributed by atoms with Crippen molar-refractivity contribution in [1.82, 2.24) is 20.6 Å². The number of rotatable bonds is 7. The highest BCUT2D eigenvalue weighted by Crippen LogP contribution is 2.06. The Labute approximate surface area is 164 Å². The van der Waals surface area contributed by atoms with Gasteiger partial charge in [0.15, 0.2) is 5.96 Å². The van der Waals surface area contributed by atoms with Gasteiger partial charge in [0.1, 0.15) is 5.15 Å². The van der Waals surface area contributed by atoms with Gasteiger partial charge < -0.3 is 10.6 Å². The molecule has 24 heavy (non-hydrogen) atoms. The molecule has 2 rings (SSSR count). The molecule has 0 aliphatic heterocycles. The second-order valence-corrected chi connectivity index (χ2v) is 5.21. The van der Waals surface area contributed by atoms with Crippen molar-refractivity contribution in [3.63, 3.8) is 0 Å². The number of aliphatic imine (C=N–C) groups is 1. The first-order valence-electron chi connectivity index (χ1n) is 7.41. The van der Waals surface area contributed by atoms with Crippen LogP contribution in [0.25, 0.3) is 0 Å². The van der Waals surface area contributed by atoms with Crippen LogP contribution in [0.1, 0.15) is 11.3 Å². The first kappa shape index (κ1) is 20.4. The Morgan fingerprint density at radius 1 is 1.21 bits per heavy atom. The maximum Gasteiger partial charge on any atom is 0.191 e. The molecule has 0 aliphatic carbocycles. The zero-order chi connectivity index (χ0) is 16.3. The highest BCUT2D eigenvalue weighted by molar-refractivity contribution is 14.0. The molecule has 0 fully saturated rings. The van der Waals surface area contributed by atoms with Crippen molar-refractivity contribution in [2.75, 3.05) is 13.1 Å². The molecule has 0 amide bonds. The van der Waals surface area contributed by atoms with Crippen LogP contribution >= 0.6 is 35.6 Å². The maximum atomic E-state index is 5.78. The molecule has 0 spiro atoms. The molecule has 0 aromatic carbocycles. The minimum atomic E-state index is 0. The summed E-state index contributed by atoms with van der Waals surface area (Å²) in [5, 5.41) is 6.96. The third-order valence-corrected chi connectivity index (χ3v) is 3.25. The Bertz CT molecular complexity index is 631. The van der Waals surface area contributed by atoms with Crippen molar-refractivity contribution in [1.29, 1.82) is 0 Å². The van der Waals surface area contributed by atoms with Crippen molar-refractivity contribution in [2.45, 2.75) is 13.0 Å². The first-order valence-corrected chi connectivity index (χ1v) is 7.79. The minimum absolute atomic E-state index is 0. The van der Waals surface area contributed by atoms with Crippen LogP contribution in [0.15, 0.2) is 60.4 Å². The fraction of sp³-hybridized carbons (Fsp3) is 0.235. The van der Waals surface area contributed by atoms with Crippen LogP contribution in [0.3, 0.4) is 0 Å². The van der Waals surface area contributed by atoms with Crippen molar-refractivity contribution < 1.29 is 0 Å². The average molecular weight is 458 g/mol. The SMILES string of the molecule is C=CCNC(=NCc1ccc(Cl)nc1)NCCc1ccccn1.I. The topological polar surface area (TPSA) is 62.2 Å². The fourth-order valence-corrected chi connectivity index (χ4v) is 1.98. The number of hydrogen-bond donors (Lipinski definition) is 2. The molecule has 128 valence electrons. The van der Waals surface area contributed by atoms with E-state index in [1.807, 2.05) is 24.3 Å². The molecule has 0 unspecified atom stereocenters. The van der Waals surface area contributed by atoms with Gasteiger partial charge in [-0.1, -0.05) is 29.8 Å². The summed E-state index contributed by atoms with van der Waals surface area (Å²) in [7, 11) is 0. The van der Waals surface area contributed by atoms with Crippen LogP contribution in [0.5, 0.6) is 0 Å². The number of pyridine rings is 2. The number of hydrogen-bond acceptors (Lipinski definition) is 3. The Balaban J connectivity index is 0.00000288. The lowest BCUT2D eigenvalue weighted by Crippen LogP contribution is -2.38. The molecule has 0 saturated carbocycles. The van der Waals surface area contributed by atoms with Gasteiger partial charge in [0.25, 0.3) is 0 Å². The van der Waals surface area contributed by atoms with E-state index in [-0.39, 0.29) is 24.0 Å². The van der Waals surface area contributed by atoms with E-state index in [0.29, 0.717) is 18.2 Å². The van der Waals surface area contributed by atoms with E-state index in [9.17, 15) is 0 Å². The van der Waals surface area contributed by atoms with Crippen molar-refractivity contribution >= 4 is 41.5 Å². The van der Waals surface area contributed by atoms with Crippen LogP contribution in [0.4, 0.5) is 0 Å². The summed E-state index contributed by atoms with van der Waals surface area (Å²) in [6.07, 6.45) is 6.15. The van der Waals surface area contributed by atoms with Crippen LogP contribution in [0.2, 0.25) is 5.15 Å². The van der Waals surface area contributed by atoms with Gasteiger partial charge in [-0.15, -0.1) is 30.6 Å². The number of nitrogens with zero attached hydrogens (tertiary/aromatic N) is 3. The Morgan fingerprint density at radius 2 is 2.08 bits per heavy atom. The van der Waals surface area contributed by atoms with Gasteiger partial charge in [-0.25, -0.2) is 9.98 Å². The van der Waals surface area contributed by atoms with E-state index in [2.05, 4.69) is 32.2 Å². The standard InChI is InChI=1S/C17H20ClN5.HI/c1-2-9-20-17(21-11-8-15-5-3-4-10-19-15)23-13-14-6-7-16(18)22-12-14;/h2-7,10,12H,1,8-9,11,13H2,(H2,20,21,23);1H. The predicted molar refractivity (Wildman–Crippen MR) is 110 cm³/mol. The van der Waals surface area contributed by atoms with Gasteiger partial charge in [-0.05, 0) is 23.8 Å². The van der Waals surface area contributed by atoms with E-state index in [1.54, 1.807) is 24.5 Å². The van der Waals surface area contributed by atoms with Crippen LogP contribution in [-0.2, 0) is 13.0 Å². The Hall–Kier alpha value is -1.67. The van der Waals surface area contributed by atoms with Gasteiger partial charge in [0, 0.05) is 37.6 Å². The molecular weight excluding hydrogens is 437 g/mol. The average Bonchev–Trinajstić information content (AvgIpc) is 2.59. The molecule has 0 atom stereocenters. The van der Waals surface area contributed by atoms with Gasteiger partial charge >= 0.3 is 0 Å². The largest absolute Gasteiger partial charge is 0.356 e. The molecule has 0 radical (unpaired) electrons. The molecule has 2 N–H and O–H groups in total. The summed E-state index contributed by atoms with van der Waals surface area (Å²) < 4.78 is 0. The molecule has 0 saturated heterocycles. The molecule has 0 bridgehead atoms. The summed E-state index contributed by atoms with van der Waals surface area (Å²) in [6.45, 7) is 5.63. The lowest BCUT2D eigenvalue weighted by molar-refractivity contribution is 0.797. The van der Waals surface area contributed by atoms with Crippen molar-refractivity contribution in [3.05, 3.63) is 71.8 Å². The summed E-state index contributed by atoms with van der Waals surface area (Å²) in [4.78, 5) is 12.9. The second kappa shape index (κ2) is 11.8. The number of nitrogens with one attached hydrogen (secondary N) is 2. The zero-order valence-electron chi connectivity index (χ0n) is 13.3. The zero-order valence-corrected chi connectivity index (χ0v) is 16.4. The summed E-state index contributed by atoms with van der Waals surface area (Å²) in [5.74, 6) is 0.732.